The van der Waals surface area contributed by atoms with Gasteiger partial charge in [0.05, 0.1) is 23.8 Å². The van der Waals surface area contributed by atoms with Gasteiger partial charge in [-0.05, 0) is 45.7 Å². The Morgan fingerprint density at radius 3 is 2.70 bits per heavy atom. The van der Waals surface area contributed by atoms with E-state index in [-0.39, 0.29) is 11.9 Å². The van der Waals surface area contributed by atoms with Crippen molar-refractivity contribution in [3.63, 3.8) is 0 Å². The number of nitrogens with zero attached hydrogens (tertiary/aromatic N) is 4. The zero-order valence-electron chi connectivity index (χ0n) is 16.0. The van der Waals surface area contributed by atoms with Crippen molar-refractivity contribution in [3.05, 3.63) is 64.8 Å². The third kappa shape index (κ3) is 3.27. The first-order chi connectivity index (χ1) is 13.0. The van der Waals surface area contributed by atoms with Gasteiger partial charge in [0.2, 0.25) is 5.91 Å². The molecule has 0 spiro atoms. The van der Waals surface area contributed by atoms with E-state index in [1.165, 1.54) is 0 Å². The molecule has 0 saturated carbocycles. The van der Waals surface area contributed by atoms with Crippen LogP contribution in [0.2, 0.25) is 0 Å². The normalized spacial score (nSPS) is 16.9. The van der Waals surface area contributed by atoms with Crippen molar-refractivity contribution in [2.75, 3.05) is 6.54 Å². The van der Waals surface area contributed by atoms with Gasteiger partial charge in [-0.2, -0.15) is 5.10 Å². The predicted molar refractivity (Wildman–Crippen MR) is 102 cm³/mol. The average Bonchev–Trinajstić information content (AvgIpc) is 3.37. The molecule has 1 amide bonds. The first-order valence-electron chi connectivity index (χ1n) is 9.38. The third-order valence-corrected chi connectivity index (χ3v) is 5.33. The van der Waals surface area contributed by atoms with Gasteiger partial charge in [-0.1, -0.05) is 23.4 Å². The van der Waals surface area contributed by atoms with Crippen LogP contribution in [-0.2, 0) is 11.2 Å². The van der Waals surface area contributed by atoms with E-state index in [2.05, 4.69) is 10.3 Å². The van der Waals surface area contributed by atoms with Crippen molar-refractivity contribution in [3.8, 4) is 5.69 Å². The monoisotopic (exact) mass is 364 g/mol. The van der Waals surface area contributed by atoms with E-state index in [1.54, 1.807) is 0 Å². The van der Waals surface area contributed by atoms with E-state index in [0.29, 0.717) is 6.42 Å². The smallest absolute Gasteiger partial charge is 0.227 e. The van der Waals surface area contributed by atoms with Crippen molar-refractivity contribution < 1.29 is 9.32 Å². The highest BCUT2D eigenvalue weighted by molar-refractivity contribution is 5.80. The number of rotatable bonds is 4. The maximum absolute atomic E-state index is 13.1. The summed E-state index contributed by atoms with van der Waals surface area (Å²) in [5.41, 5.74) is 4.78. The lowest BCUT2D eigenvalue weighted by Crippen LogP contribution is -2.32. The first kappa shape index (κ1) is 17.5. The lowest BCUT2D eigenvalue weighted by molar-refractivity contribution is -0.131. The quantitative estimate of drug-likeness (QED) is 0.708. The van der Waals surface area contributed by atoms with E-state index in [4.69, 9.17) is 4.52 Å². The van der Waals surface area contributed by atoms with Gasteiger partial charge in [0.15, 0.2) is 0 Å². The van der Waals surface area contributed by atoms with Crippen LogP contribution in [0.1, 0.15) is 47.3 Å². The molecule has 2 aromatic heterocycles. The molecule has 3 heterocycles. The van der Waals surface area contributed by atoms with Crippen LogP contribution in [0, 0.1) is 20.8 Å². The molecule has 3 aromatic rings. The number of hydrogen-bond donors (Lipinski definition) is 0. The standard InChI is InChI=1S/C21H24N4O2/c1-14-12-19(23-27-14)20-10-7-11-24(20)21(26)13-18-15(2)22-25(16(18)3)17-8-5-4-6-9-17/h4-6,8-9,12,20H,7,10-11,13H2,1-3H3. The van der Waals surface area contributed by atoms with Crippen LogP contribution in [0.15, 0.2) is 40.9 Å². The fourth-order valence-corrected chi connectivity index (χ4v) is 3.92. The molecule has 1 aliphatic rings. The largest absolute Gasteiger partial charge is 0.361 e. The minimum Gasteiger partial charge on any atom is -0.361 e. The van der Waals surface area contributed by atoms with E-state index in [1.807, 2.05) is 66.8 Å². The molecule has 1 atom stereocenters. The maximum Gasteiger partial charge on any atom is 0.227 e. The molecule has 0 aliphatic carbocycles. The van der Waals surface area contributed by atoms with Crippen LogP contribution in [-0.4, -0.2) is 32.3 Å². The minimum atomic E-state index is 0.0136. The summed E-state index contributed by atoms with van der Waals surface area (Å²) in [7, 11) is 0. The second kappa shape index (κ2) is 7.02. The molecule has 1 unspecified atom stereocenters. The maximum atomic E-state index is 13.1. The van der Waals surface area contributed by atoms with Crippen LogP contribution in [0.5, 0.6) is 0 Å². The molecule has 0 N–H and O–H groups in total. The summed E-state index contributed by atoms with van der Waals surface area (Å²) in [5, 5.41) is 8.79. The summed E-state index contributed by atoms with van der Waals surface area (Å²) in [6.45, 7) is 6.64. The van der Waals surface area contributed by atoms with Crippen LogP contribution >= 0.6 is 0 Å². The van der Waals surface area contributed by atoms with Gasteiger partial charge in [-0.3, -0.25) is 4.79 Å². The second-order valence-electron chi connectivity index (χ2n) is 7.18. The van der Waals surface area contributed by atoms with Crippen molar-refractivity contribution >= 4 is 5.91 Å². The Labute approximate surface area is 158 Å². The predicted octanol–water partition coefficient (Wildman–Crippen LogP) is 3.69. The lowest BCUT2D eigenvalue weighted by Gasteiger charge is -2.23. The Morgan fingerprint density at radius 2 is 2.00 bits per heavy atom. The molecule has 27 heavy (non-hydrogen) atoms. The number of para-hydroxylation sites is 1. The van der Waals surface area contributed by atoms with Gasteiger partial charge in [0.1, 0.15) is 11.5 Å². The van der Waals surface area contributed by atoms with E-state index >= 15 is 0 Å². The van der Waals surface area contributed by atoms with Gasteiger partial charge in [0, 0.05) is 23.9 Å². The van der Waals surface area contributed by atoms with Crippen LogP contribution < -0.4 is 0 Å². The minimum absolute atomic E-state index is 0.0136. The van der Waals surface area contributed by atoms with E-state index < -0.39 is 0 Å². The van der Waals surface area contributed by atoms with Crippen LogP contribution in [0.4, 0.5) is 0 Å². The molecule has 4 rings (SSSR count). The Morgan fingerprint density at radius 1 is 1.22 bits per heavy atom. The molecule has 0 bridgehead atoms. The highest BCUT2D eigenvalue weighted by Gasteiger charge is 2.32. The zero-order valence-corrected chi connectivity index (χ0v) is 16.0. The van der Waals surface area contributed by atoms with Gasteiger partial charge >= 0.3 is 0 Å². The summed E-state index contributed by atoms with van der Waals surface area (Å²) in [5.74, 6) is 0.900. The number of aromatic nitrogens is 3. The molecule has 140 valence electrons. The molecular weight excluding hydrogens is 340 g/mol. The van der Waals surface area contributed by atoms with Crippen LogP contribution in [0.3, 0.4) is 0 Å². The molecule has 1 aromatic carbocycles. The van der Waals surface area contributed by atoms with Crippen molar-refractivity contribution in [1.82, 2.24) is 19.8 Å². The SMILES string of the molecule is Cc1cc(C2CCCN2C(=O)Cc2c(C)nn(-c3ccccc3)c2C)no1. The fourth-order valence-electron chi connectivity index (χ4n) is 3.92. The van der Waals surface area contributed by atoms with E-state index in [0.717, 1.165) is 53.5 Å². The van der Waals surface area contributed by atoms with Crippen molar-refractivity contribution in [2.45, 2.75) is 46.1 Å². The summed E-state index contributed by atoms with van der Waals surface area (Å²) in [4.78, 5) is 15.0. The third-order valence-electron chi connectivity index (χ3n) is 5.33. The molecule has 6 nitrogen and oxygen atoms in total. The lowest BCUT2D eigenvalue weighted by atomic mass is 10.1. The summed E-state index contributed by atoms with van der Waals surface area (Å²) >= 11 is 0. The highest BCUT2D eigenvalue weighted by Crippen LogP contribution is 2.32. The Kier molecular flexibility index (Phi) is 4.56. The molecule has 1 fully saturated rings. The molecular formula is C21H24N4O2. The number of hydrogen-bond acceptors (Lipinski definition) is 4. The van der Waals surface area contributed by atoms with Crippen molar-refractivity contribution in [1.29, 1.82) is 0 Å². The number of benzene rings is 1. The zero-order chi connectivity index (χ0) is 19.0. The second-order valence-corrected chi connectivity index (χ2v) is 7.18. The van der Waals surface area contributed by atoms with Gasteiger partial charge < -0.3 is 9.42 Å². The number of amides is 1. The van der Waals surface area contributed by atoms with Gasteiger partial charge in [-0.15, -0.1) is 0 Å². The first-order valence-corrected chi connectivity index (χ1v) is 9.38. The number of aryl methyl sites for hydroxylation is 2. The van der Waals surface area contributed by atoms with Crippen LogP contribution in [0.25, 0.3) is 5.69 Å². The number of likely N-dealkylation sites (tertiary alicyclic amines) is 1. The Hall–Kier alpha value is -2.89. The molecule has 0 radical (unpaired) electrons. The number of carbonyl (C=O) groups excluding carboxylic acids is 1. The number of carbonyl (C=O) groups is 1. The van der Waals surface area contributed by atoms with E-state index in [9.17, 15) is 4.79 Å². The highest BCUT2D eigenvalue weighted by atomic mass is 16.5. The average molecular weight is 364 g/mol. The molecule has 1 saturated heterocycles. The van der Waals surface area contributed by atoms with Gasteiger partial charge in [-0.25, -0.2) is 4.68 Å². The summed E-state index contributed by atoms with van der Waals surface area (Å²) in [6.07, 6.45) is 2.28. The van der Waals surface area contributed by atoms with Crippen molar-refractivity contribution in [2.24, 2.45) is 0 Å². The summed E-state index contributed by atoms with van der Waals surface area (Å²) < 4.78 is 7.13. The Bertz CT molecular complexity index is 958. The topological polar surface area (TPSA) is 64.2 Å². The summed E-state index contributed by atoms with van der Waals surface area (Å²) in [6, 6.07) is 12.0. The van der Waals surface area contributed by atoms with Gasteiger partial charge in [0.25, 0.3) is 0 Å². The molecule has 1 aliphatic heterocycles. The molecule has 6 heteroatoms. The Balaban J connectivity index is 1.57. The fraction of sp³-hybridized carbons (Fsp3) is 0.381.